The second-order valence-corrected chi connectivity index (χ2v) is 16.1. The van der Waals surface area contributed by atoms with Crippen molar-refractivity contribution in [3.8, 4) is 39.1 Å². The molecule has 1 nitrogen and oxygen atoms in total. The summed E-state index contributed by atoms with van der Waals surface area (Å²) in [4.78, 5) is 0. The average molecular weight is 700 g/mol. The maximum Gasteiger partial charge on any atom is 0.0544 e. The van der Waals surface area contributed by atoms with Crippen molar-refractivity contribution < 1.29 is 0 Å². The van der Waals surface area contributed by atoms with Crippen LogP contribution in [0.25, 0.3) is 82.4 Å². The highest BCUT2D eigenvalue weighted by atomic mass is 15.0. The van der Waals surface area contributed by atoms with Crippen molar-refractivity contribution in [2.75, 3.05) is 0 Å². The van der Waals surface area contributed by atoms with Gasteiger partial charge < -0.3 is 4.57 Å². The molecule has 10 aromatic rings. The van der Waals surface area contributed by atoms with Gasteiger partial charge in [-0.15, -0.1) is 0 Å². The Morgan fingerprint density at radius 3 is 2.00 bits per heavy atom. The Bertz CT molecular complexity index is 3240. The maximum absolute atomic E-state index is 2.52. The highest BCUT2D eigenvalue weighted by Crippen LogP contribution is 2.52. The molecule has 0 N–H and O–H groups in total. The van der Waals surface area contributed by atoms with Crippen LogP contribution in [0.4, 0.5) is 0 Å². The van der Waals surface area contributed by atoms with Gasteiger partial charge in [0.25, 0.3) is 0 Å². The van der Waals surface area contributed by atoms with Gasteiger partial charge in [0.15, 0.2) is 0 Å². The molecule has 0 bridgehead atoms. The van der Waals surface area contributed by atoms with Gasteiger partial charge in [-0.1, -0.05) is 159 Å². The third kappa shape index (κ3) is 4.30. The van der Waals surface area contributed by atoms with E-state index >= 15 is 0 Å². The Hall–Kier alpha value is -6.70. The van der Waals surface area contributed by atoms with Crippen LogP contribution in [0, 0.1) is 0 Å². The molecule has 2 aliphatic rings. The van der Waals surface area contributed by atoms with E-state index in [-0.39, 0.29) is 11.3 Å². The molecule has 1 atom stereocenters. The standard InChI is InChI=1S/C54H37N/c1-54(2)48-20-10-9-18-41(48)45-31-47-46-30-37(25-27-51(46)55(52(47)32-49(45)54)50-21-11-15-34-13-5-6-16-39(34)50)36-24-26-43-44(29-36)40-17-7-8-19-42(40)53(43)38-23-22-33-12-3-4-14-35(33)28-38/h3-32,53H,1-2H3. The Morgan fingerprint density at radius 2 is 1.09 bits per heavy atom. The van der Waals surface area contributed by atoms with E-state index in [4.69, 9.17) is 0 Å². The van der Waals surface area contributed by atoms with Gasteiger partial charge in [-0.05, 0) is 114 Å². The number of hydrogen-bond acceptors (Lipinski definition) is 0. The predicted octanol–water partition coefficient (Wildman–Crippen LogP) is 14.2. The average Bonchev–Trinajstić information content (AvgIpc) is 3.82. The molecule has 0 aliphatic heterocycles. The van der Waals surface area contributed by atoms with E-state index in [1.165, 1.54) is 110 Å². The van der Waals surface area contributed by atoms with Crippen LogP contribution >= 0.6 is 0 Å². The molecule has 0 amide bonds. The van der Waals surface area contributed by atoms with Gasteiger partial charge in [0.1, 0.15) is 0 Å². The summed E-state index contributed by atoms with van der Waals surface area (Å²) >= 11 is 0. The Labute approximate surface area is 320 Å². The van der Waals surface area contributed by atoms with Crippen LogP contribution in [0.2, 0.25) is 0 Å². The van der Waals surface area contributed by atoms with E-state index in [1.807, 2.05) is 0 Å². The minimum atomic E-state index is -0.0866. The quantitative estimate of drug-likeness (QED) is 0.173. The second-order valence-electron chi connectivity index (χ2n) is 16.1. The molecule has 0 fully saturated rings. The maximum atomic E-state index is 2.52. The van der Waals surface area contributed by atoms with Crippen molar-refractivity contribution >= 4 is 43.4 Å². The number of aromatic nitrogens is 1. The fourth-order valence-corrected chi connectivity index (χ4v) is 10.2. The summed E-state index contributed by atoms with van der Waals surface area (Å²) in [5, 5.41) is 7.65. The molecule has 0 spiro atoms. The molecule has 258 valence electrons. The first kappa shape index (κ1) is 30.7. The van der Waals surface area contributed by atoms with E-state index < -0.39 is 0 Å². The molecule has 1 aromatic heterocycles. The molecule has 12 rings (SSSR count). The molecule has 0 saturated carbocycles. The molecule has 2 aliphatic carbocycles. The Morgan fingerprint density at radius 1 is 0.400 bits per heavy atom. The number of nitrogens with zero attached hydrogens (tertiary/aromatic N) is 1. The lowest BCUT2D eigenvalue weighted by Gasteiger charge is -2.21. The molecule has 55 heavy (non-hydrogen) atoms. The summed E-state index contributed by atoms with van der Waals surface area (Å²) in [5.41, 5.74) is 18.4. The summed E-state index contributed by atoms with van der Waals surface area (Å²) < 4.78 is 2.52. The van der Waals surface area contributed by atoms with Crippen LogP contribution < -0.4 is 0 Å². The van der Waals surface area contributed by atoms with Crippen LogP contribution in [-0.2, 0) is 5.41 Å². The van der Waals surface area contributed by atoms with E-state index in [9.17, 15) is 0 Å². The highest BCUT2D eigenvalue weighted by molar-refractivity contribution is 6.14. The lowest BCUT2D eigenvalue weighted by Crippen LogP contribution is -2.14. The van der Waals surface area contributed by atoms with Gasteiger partial charge in [0, 0.05) is 27.5 Å². The molecular formula is C54H37N. The largest absolute Gasteiger partial charge is 0.309 e. The van der Waals surface area contributed by atoms with Crippen LogP contribution in [0.3, 0.4) is 0 Å². The summed E-state index contributed by atoms with van der Waals surface area (Å²) in [6.45, 7) is 4.76. The third-order valence-electron chi connectivity index (χ3n) is 12.8. The molecule has 1 heteroatoms. The summed E-state index contributed by atoms with van der Waals surface area (Å²) in [6.07, 6.45) is 0. The fraction of sp³-hybridized carbons (Fsp3) is 0.0741. The van der Waals surface area contributed by atoms with Crippen LogP contribution in [-0.4, -0.2) is 4.57 Å². The summed E-state index contributed by atoms with van der Waals surface area (Å²) in [5.74, 6) is 0.209. The van der Waals surface area contributed by atoms with Gasteiger partial charge in [-0.3, -0.25) is 0 Å². The SMILES string of the molecule is CC1(C)c2ccccc2-c2cc3c4cc(-c5ccc6c(c5)-c5ccccc5C6c5ccc6ccccc6c5)ccc4n(-c4cccc5ccccc45)c3cc21. The third-order valence-corrected chi connectivity index (χ3v) is 12.8. The zero-order chi connectivity index (χ0) is 36.4. The van der Waals surface area contributed by atoms with Crippen LogP contribution in [0.15, 0.2) is 182 Å². The fourth-order valence-electron chi connectivity index (χ4n) is 10.2. The lowest BCUT2D eigenvalue weighted by molar-refractivity contribution is 0.661. The van der Waals surface area contributed by atoms with E-state index in [2.05, 4.69) is 200 Å². The van der Waals surface area contributed by atoms with Crippen molar-refractivity contribution in [2.45, 2.75) is 25.2 Å². The predicted molar refractivity (Wildman–Crippen MR) is 232 cm³/mol. The highest BCUT2D eigenvalue weighted by Gasteiger charge is 2.36. The van der Waals surface area contributed by atoms with Gasteiger partial charge in [-0.25, -0.2) is 0 Å². The zero-order valence-corrected chi connectivity index (χ0v) is 30.8. The molecule has 1 heterocycles. The first-order valence-electron chi connectivity index (χ1n) is 19.5. The number of rotatable bonds is 3. The first-order valence-corrected chi connectivity index (χ1v) is 19.5. The first-order chi connectivity index (χ1) is 27.0. The van der Waals surface area contributed by atoms with Gasteiger partial charge in [0.05, 0.1) is 16.7 Å². The molecule has 9 aromatic carbocycles. The molecular weight excluding hydrogens is 663 g/mol. The minimum absolute atomic E-state index is 0.0866. The lowest BCUT2D eigenvalue weighted by atomic mass is 9.82. The van der Waals surface area contributed by atoms with Crippen molar-refractivity contribution in [1.82, 2.24) is 4.57 Å². The smallest absolute Gasteiger partial charge is 0.0544 e. The van der Waals surface area contributed by atoms with Crippen molar-refractivity contribution in [1.29, 1.82) is 0 Å². The topological polar surface area (TPSA) is 4.93 Å². The van der Waals surface area contributed by atoms with Crippen LogP contribution in [0.1, 0.15) is 47.6 Å². The summed E-state index contributed by atoms with van der Waals surface area (Å²) in [7, 11) is 0. The summed E-state index contributed by atoms with van der Waals surface area (Å²) in [6, 6.07) is 68.4. The van der Waals surface area contributed by atoms with Crippen molar-refractivity contribution in [3.63, 3.8) is 0 Å². The zero-order valence-electron chi connectivity index (χ0n) is 30.8. The van der Waals surface area contributed by atoms with E-state index in [1.54, 1.807) is 0 Å². The van der Waals surface area contributed by atoms with Crippen LogP contribution in [0.5, 0.6) is 0 Å². The molecule has 1 unspecified atom stereocenters. The van der Waals surface area contributed by atoms with Crippen molar-refractivity contribution in [3.05, 3.63) is 210 Å². The second kappa shape index (κ2) is 11.2. The van der Waals surface area contributed by atoms with E-state index in [0.29, 0.717) is 0 Å². The van der Waals surface area contributed by atoms with Gasteiger partial charge >= 0.3 is 0 Å². The van der Waals surface area contributed by atoms with Crippen molar-refractivity contribution in [2.24, 2.45) is 0 Å². The van der Waals surface area contributed by atoms with Gasteiger partial charge in [-0.2, -0.15) is 0 Å². The molecule has 0 saturated heterocycles. The van der Waals surface area contributed by atoms with E-state index in [0.717, 1.165) is 0 Å². The number of benzene rings is 9. The Kier molecular flexibility index (Phi) is 6.24. The monoisotopic (exact) mass is 699 g/mol. The Balaban J connectivity index is 1.08. The normalized spacial score (nSPS) is 15.1. The molecule has 0 radical (unpaired) electrons. The number of fused-ring (bicyclic) bond motifs is 11. The van der Waals surface area contributed by atoms with Gasteiger partial charge in [0.2, 0.25) is 0 Å². The minimum Gasteiger partial charge on any atom is -0.309 e. The number of hydrogen-bond donors (Lipinski definition) is 0.